The molecule has 0 radical (unpaired) electrons. The third kappa shape index (κ3) is 4.64. The highest BCUT2D eigenvalue weighted by Crippen LogP contribution is 2.30. The highest BCUT2D eigenvalue weighted by Gasteiger charge is 2.14. The third-order valence-electron chi connectivity index (χ3n) is 4.92. The van der Waals surface area contributed by atoms with Gasteiger partial charge in [0.25, 0.3) is 5.56 Å². The monoisotopic (exact) mass is 472 g/mol. The molecule has 0 spiro atoms. The van der Waals surface area contributed by atoms with Gasteiger partial charge in [0.15, 0.2) is 0 Å². The first kappa shape index (κ1) is 21.9. The molecule has 0 unspecified atom stereocenters. The minimum atomic E-state index is -0.916. The average molecular weight is 473 g/mol. The van der Waals surface area contributed by atoms with Crippen LogP contribution in [0.3, 0.4) is 0 Å². The minimum absolute atomic E-state index is 0.246. The molecular weight excluding hydrogens is 454 g/mol. The van der Waals surface area contributed by atoms with Crippen molar-refractivity contribution in [1.29, 1.82) is 0 Å². The number of nitrogens with zero attached hydrogens (tertiary/aromatic N) is 3. The van der Waals surface area contributed by atoms with E-state index >= 15 is 0 Å². The van der Waals surface area contributed by atoms with E-state index in [-0.39, 0.29) is 5.56 Å². The zero-order valence-corrected chi connectivity index (χ0v) is 18.6. The number of aryl methyl sites for hydroxylation is 1. The smallest absolute Gasteiger partial charge is 0.257 e. The SMILES string of the molecule is Cn1cc(-c2cn(-c3ccc(OCF)cc3)c(=O)cc2NCc2c(Cl)cccc2Cl)cn1. The summed E-state index contributed by atoms with van der Waals surface area (Å²) in [5.74, 6) is 0.381. The van der Waals surface area contributed by atoms with Crippen LogP contribution in [0.1, 0.15) is 5.56 Å². The first-order valence-electron chi connectivity index (χ1n) is 9.68. The van der Waals surface area contributed by atoms with Gasteiger partial charge in [0, 0.05) is 70.2 Å². The quantitative estimate of drug-likeness (QED) is 0.387. The summed E-state index contributed by atoms with van der Waals surface area (Å²) in [6, 6.07) is 13.4. The largest absolute Gasteiger partial charge is 0.463 e. The molecule has 32 heavy (non-hydrogen) atoms. The van der Waals surface area contributed by atoms with Crippen LogP contribution in [0.15, 0.2) is 71.9 Å². The molecule has 6 nitrogen and oxygen atoms in total. The normalized spacial score (nSPS) is 10.9. The highest BCUT2D eigenvalue weighted by molar-refractivity contribution is 6.36. The van der Waals surface area contributed by atoms with Gasteiger partial charge in [-0.3, -0.25) is 14.0 Å². The average Bonchev–Trinajstić information content (AvgIpc) is 3.20. The first-order chi connectivity index (χ1) is 15.5. The standard InChI is InChI=1S/C23H19Cl2FN4O2/c1-29-12-15(10-28-29)19-13-30(16-5-7-17(8-6-16)32-14-26)23(31)9-22(19)27-11-18-20(24)3-2-4-21(18)25/h2-10,12-13,27H,11,14H2,1H3. The predicted molar refractivity (Wildman–Crippen MR) is 125 cm³/mol. The van der Waals surface area contributed by atoms with Crippen LogP contribution in [-0.4, -0.2) is 21.2 Å². The summed E-state index contributed by atoms with van der Waals surface area (Å²) in [5.41, 5.74) is 3.32. The van der Waals surface area contributed by atoms with E-state index in [4.69, 9.17) is 27.9 Å². The molecule has 0 amide bonds. The van der Waals surface area contributed by atoms with E-state index in [0.717, 1.165) is 16.7 Å². The van der Waals surface area contributed by atoms with Gasteiger partial charge in [0.1, 0.15) is 5.75 Å². The van der Waals surface area contributed by atoms with Crippen molar-refractivity contribution >= 4 is 28.9 Å². The number of ether oxygens (including phenoxy) is 1. The zero-order chi connectivity index (χ0) is 22.7. The Bertz CT molecular complexity index is 1280. The number of halogens is 3. The maximum atomic E-state index is 12.9. The first-order valence-corrected chi connectivity index (χ1v) is 10.4. The van der Waals surface area contributed by atoms with Gasteiger partial charge < -0.3 is 10.1 Å². The van der Waals surface area contributed by atoms with E-state index < -0.39 is 6.86 Å². The number of pyridine rings is 1. The van der Waals surface area contributed by atoms with E-state index in [1.54, 1.807) is 59.5 Å². The lowest BCUT2D eigenvalue weighted by Gasteiger charge is -2.15. The van der Waals surface area contributed by atoms with E-state index in [2.05, 4.69) is 10.4 Å². The molecule has 1 N–H and O–H groups in total. The molecule has 4 rings (SSSR count). The number of aromatic nitrogens is 3. The van der Waals surface area contributed by atoms with Gasteiger partial charge in [-0.25, -0.2) is 4.39 Å². The van der Waals surface area contributed by atoms with Crippen molar-refractivity contribution < 1.29 is 9.13 Å². The topological polar surface area (TPSA) is 61.1 Å². The second-order valence-electron chi connectivity index (χ2n) is 7.01. The number of hydrogen-bond acceptors (Lipinski definition) is 4. The lowest BCUT2D eigenvalue weighted by Crippen LogP contribution is -2.18. The molecule has 0 saturated carbocycles. The minimum Gasteiger partial charge on any atom is -0.463 e. The fourth-order valence-corrected chi connectivity index (χ4v) is 3.85. The van der Waals surface area contributed by atoms with Gasteiger partial charge in [-0.2, -0.15) is 5.10 Å². The lowest BCUT2D eigenvalue weighted by atomic mass is 10.1. The fraction of sp³-hybridized carbons (Fsp3) is 0.130. The molecular formula is C23H19Cl2FN4O2. The Hall–Kier alpha value is -3.29. The van der Waals surface area contributed by atoms with Crippen LogP contribution in [0.25, 0.3) is 16.8 Å². The number of rotatable bonds is 7. The maximum Gasteiger partial charge on any atom is 0.257 e. The number of hydrogen-bond donors (Lipinski definition) is 1. The van der Waals surface area contributed by atoms with Crippen molar-refractivity contribution in [3.05, 3.63) is 93.1 Å². The fourth-order valence-electron chi connectivity index (χ4n) is 3.32. The van der Waals surface area contributed by atoms with Crippen LogP contribution in [0.2, 0.25) is 10.0 Å². The molecule has 0 fully saturated rings. The van der Waals surface area contributed by atoms with Crippen LogP contribution in [-0.2, 0) is 13.6 Å². The summed E-state index contributed by atoms with van der Waals surface area (Å²) in [5, 5.41) is 8.61. The van der Waals surface area contributed by atoms with Gasteiger partial charge >= 0.3 is 0 Å². The molecule has 0 aliphatic carbocycles. The van der Waals surface area contributed by atoms with Gasteiger partial charge in [-0.1, -0.05) is 29.3 Å². The van der Waals surface area contributed by atoms with Crippen LogP contribution < -0.4 is 15.6 Å². The molecule has 0 bridgehead atoms. The number of anilines is 1. The Morgan fingerprint density at radius 3 is 2.44 bits per heavy atom. The van der Waals surface area contributed by atoms with Crippen molar-refractivity contribution in [1.82, 2.24) is 14.3 Å². The summed E-state index contributed by atoms with van der Waals surface area (Å²) in [6.45, 7) is -0.579. The van der Waals surface area contributed by atoms with Crippen molar-refractivity contribution in [3.8, 4) is 22.6 Å². The summed E-state index contributed by atoms with van der Waals surface area (Å²) >= 11 is 12.6. The molecule has 0 aliphatic rings. The van der Waals surface area contributed by atoms with Crippen molar-refractivity contribution in [3.63, 3.8) is 0 Å². The van der Waals surface area contributed by atoms with Crippen LogP contribution >= 0.6 is 23.2 Å². The molecule has 4 aromatic rings. The Morgan fingerprint density at radius 1 is 1.09 bits per heavy atom. The molecule has 0 aliphatic heterocycles. The second kappa shape index (κ2) is 9.46. The van der Waals surface area contributed by atoms with Crippen molar-refractivity contribution in [2.45, 2.75) is 6.54 Å². The molecule has 2 heterocycles. The van der Waals surface area contributed by atoms with E-state index in [1.165, 1.54) is 10.6 Å². The van der Waals surface area contributed by atoms with Crippen molar-refractivity contribution in [2.75, 3.05) is 12.2 Å². The molecule has 0 saturated heterocycles. The maximum absolute atomic E-state index is 12.9. The highest BCUT2D eigenvalue weighted by atomic mass is 35.5. The van der Waals surface area contributed by atoms with E-state index in [1.807, 2.05) is 13.2 Å². The molecule has 9 heteroatoms. The van der Waals surface area contributed by atoms with Gasteiger partial charge in [-0.15, -0.1) is 0 Å². The Morgan fingerprint density at radius 2 is 1.81 bits per heavy atom. The van der Waals surface area contributed by atoms with Gasteiger partial charge in [0.05, 0.1) is 6.20 Å². The lowest BCUT2D eigenvalue weighted by molar-refractivity contribution is 0.192. The van der Waals surface area contributed by atoms with Crippen molar-refractivity contribution in [2.24, 2.45) is 7.05 Å². The van der Waals surface area contributed by atoms with Crippen LogP contribution in [0.5, 0.6) is 5.75 Å². The number of benzene rings is 2. The Balaban J connectivity index is 1.75. The molecule has 164 valence electrons. The van der Waals surface area contributed by atoms with Gasteiger partial charge in [0.2, 0.25) is 6.86 Å². The van der Waals surface area contributed by atoms with E-state index in [0.29, 0.717) is 33.7 Å². The summed E-state index contributed by atoms with van der Waals surface area (Å²) in [4.78, 5) is 12.9. The Kier molecular flexibility index (Phi) is 6.48. The predicted octanol–water partition coefficient (Wildman–Crippen LogP) is 5.46. The molecule has 2 aromatic carbocycles. The summed E-state index contributed by atoms with van der Waals surface area (Å²) < 4.78 is 20.4. The third-order valence-corrected chi connectivity index (χ3v) is 5.63. The van der Waals surface area contributed by atoms with E-state index in [9.17, 15) is 9.18 Å². The summed E-state index contributed by atoms with van der Waals surface area (Å²) in [7, 11) is 1.82. The number of nitrogens with one attached hydrogen (secondary N) is 1. The van der Waals surface area contributed by atoms with Gasteiger partial charge in [-0.05, 0) is 36.4 Å². The summed E-state index contributed by atoms with van der Waals surface area (Å²) in [6.07, 6.45) is 5.31. The molecule has 0 atom stereocenters. The zero-order valence-electron chi connectivity index (χ0n) is 17.1. The Labute approximate surface area is 193 Å². The second-order valence-corrected chi connectivity index (χ2v) is 7.83. The number of alkyl halides is 1. The van der Waals surface area contributed by atoms with Crippen LogP contribution in [0.4, 0.5) is 10.1 Å². The molecule has 2 aromatic heterocycles. The van der Waals surface area contributed by atoms with Crippen LogP contribution in [0, 0.1) is 0 Å².